The molecular formula is C21H31NO7. The van der Waals surface area contributed by atoms with Gasteiger partial charge in [0.15, 0.2) is 11.5 Å². The normalized spacial score (nSPS) is 24.8. The third-order valence-electron chi connectivity index (χ3n) is 5.10. The van der Waals surface area contributed by atoms with E-state index in [0.717, 1.165) is 30.5 Å². The summed E-state index contributed by atoms with van der Waals surface area (Å²) in [6.45, 7) is 6.08. The summed E-state index contributed by atoms with van der Waals surface area (Å²) in [5.74, 6) is -1.17. The molecule has 1 aromatic carbocycles. The largest absolute Gasteiger partial charge is 0.493 e. The maximum atomic E-state index is 11.2. The standard InChI is InChI=1S/C21H31NO7/c1-14(16-9-10-18(25-4)19(12-16)26-5)22-28-11-7-6-8-17-13-27-21(3,20(23)24)29-15(17)2/h9-10,12,15,17H,6-8,11,13H2,1-5H3,(H,23,24). The van der Waals surface area contributed by atoms with E-state index < -0.39 is 11.8 Å². The van der Waals surface area contributed by atoms with Gasteiger partial charge in [0, 0.05) is 18.4 Å². The molecule has 1 saturated heterocycles. The summed E-state index contributed by atoms with van der Waals surface area (Å²) in [5, 5.41) is 13.3. The van der Waals surface area contributed by atoms with Crippen molar-refractivity contribution >= 4 is 11.7 Å². The summed E-state index contributed by atoms with van der Waals surface area (Å²) in [4.78, 5) is 16.6. The van der Waals surface area contributed by atoms with Crippen LogP contribution in [0.15, 0.2) is 23.4 Å². The van der Waals surface area contributed by atoms with Crippen molar-refractivity contribution in [1.82, 2.24) is 0 Å². The zero-order valence-electron chi connectivity index (χ0n) is 17.8. The minimum Gasteiger partial charge on any atom is -0.493 e. The number of oxime groups is 1. The lowest BCUT2D eigenvalue weighted by atomic mass is 9.96. The van der Waals surface area contributed by atoms with Crippen LogP contribution in [0.4, 0.5) is 0 Å². The Bertz CT molecular complexity index is 721. The smallest absolute Gasteiger partial charge is 0.364 e. The van der Waals surface area contributed by atoms with Crippen molar-refractivity contribution in [1.29, 1.82) is 0 Å². The molecule has 0 saturated carbocycles. The molecule has 1 heterocycles. The number of methoxy groups -OCH3 is 2. The number of carboxylic acid groups (broad SMARTS) is 1. The minimum absolute atomic E-state index is 0.166. The van der Waals surface area contributed by atoms with Crippen LogP contribution in [0.3, 0.4) is 0 Å². The van der Waals surface area contributed by atoms with Gasteiger partial charge in [0.2, 0.25) is 0 Å². The highest BCUT2D eigenvalue weighted by Gasteiger charge is 2.43. The van der Waals surface area contributed by atoms with Gasteiger partial charge in [-0.05, 0) is 51.3 Å². The van der Waals surface area contributed by atoms with Crippen LogP contribution in [-0.2, 0) is 19.1 Å². The van der Waals surface area contributed by atoms with Gasteiger partial charge in [-0.25, -0.2) is 4.79 Å². The van der Waals surface area contributed by atoms with Crippen LogP contribution in [0.1, 0.15) is 45.6 Å². The Labute approximate surface area is 171 Å². The number of hydrogen-bond donors (Lipinski definition) is 1. The summed E-state index contributed by atoms with van der Waals surface area (Å²) >= 11 is 0. The Morgan fingerprint density at radius 1 is 1.28 bits per heavy atom. The number of carbonyl (C=O) groups is 1. The maximum Gasteiger partial charge on any atom is 0.364 e. The molecule has 8 nitrogen and oxygen atoms in total. The average Bonchev–Trinajstić information content (AvgIpc) is 2.71. The third-order valence-corrected chi connectivity index (χ3v) is 5.10. The molecule has 0 radical (unpaired) electrons. The van der Waals surface area contributed by atoms with E-state index in [9.17, 15) is 4.79 Å². The first-order valence-corrected chi connectivity index (χ1v) is 9.75. The van der Waals surface area contributed by atoms with E-state index >= 15 is 0 Å². The molecule has 8 heteroatoms. The Morgan fingerprint density at radius 2 is 2.00 bits per heavy atom. The molecular weight excluding hydrogens is 378 g/mol. The maximum absolute atomic E-state index is 11.2. The highest BCUT2D eigenvalue weighted by molar-refractivity contribution is 5.98. The van der Waals surface area contributed by atoms with E-state index in [-0.39, 0.29) is 12.0 Å². The zero-order valence-corrected chi connectivity index (χ0v) is 17.8. The Balaban J connectivity index is 1.72. The van der Waals surface area contributed by atoms with Crippen molar-refractivity contribution in [3.8, 4) is 11.5 Å². The molecule has 3 atom stereocenters. The van der Waals surface area contributed by atoms with Crippen molar-refractivity contribution in [2.24, 2.45) is 11.1 Å². The molecule has 29 heavy (non-hydrogen) atoms. The fourth-order valence-electron chi connectivity index (χ4n) is 3.15. The van der Waals surface area contributed by atoms with Gasteiger partial charge in [-0.2, -0.15) is 0 Å². The van der Waals surface area contributed by atoms with Crippen LogP contribution in [0.2, 0.25) is 0 Å². The Hall–Kier alpha value is -2.32. The monoisotopic (exact) mass is 409 g/mol. The van der Waals surface area contributed by atoms with E-state index in [1.165, 1.54) is 6.92 Å². The van der Waals surface area contributed by atoms with Crippen molar-refractivity contribution in [2.45, 2.75) is 51.9 Å². The summed E-state index contributed by atoms with van der Waals surface area (Å²) < 4.78 is 21.5. The number of aliphatic carboxylic acids is 1. The van der Waals surface area contributed by atoms with Gasteiger partial charge in [0.1, 0.15) is 6.61 Å². The fourth-order valence-corrected chi connectivity index (χ4v) is 3.15. The highest BCUT2D eigenvalue weighted by atomic mass is 16.7. The van der Waals surface area contributed by atoms with Crippen molar-refractivity contribution in [3.05, 3.63) is 23.8 Å². The quantitative estimate of drug-likeness (QED) is 0.359. The second kappa shape index (κ2) is 10.5. The number of ether oxygens (including phenoxy) is 4. The van der Waals surface area contributed by atoms with E-state index in [0.29, 0.717) is 24.7 Å². The van der Waals surface area contributed by atoms with Gasteiger partial charge in [0.25, 0.3) is 5.79 Å². The topological polar surface area (TPSA) is 95.8 Å². The van der Waals surface area contributed by atoms with Gasteiger partial charge in [-0.3, -0.25) is 0 Å². The van der Waals surface area contributed by atoms with Gasteiger partial charge in [-0.1, -0.05) is 5.16 Å². The first-order valence-electron chi connectivity index (χ1n) is 9.75. The summed E-state index contributed by atoms with van der Waals surface area (Å²) in [7, 11) is 3.19. The number of hydrogen-bond acceptors (Lipinski definition) is 7. The van der Waals surface area contributed by atoms with Gasteiger partial charge < -0.3 is 28.9 Å². The van der Waals surface area contributed by atoms with Crippen LogP contribution in [0.25, 0.3) is 0 Å². The predicted octanol–water partition coefficient (Wildman–Crippen LogP) is 3.47. The van der Waals surface area contributed by atoms with Crippen molar-refractivity contribution in [2.75, 3.05) is 27.4 Å². The van der Waals surface area contributed by atoms with Crippen LogP contribution < -0.4 is 9.47 Å². The second-order valence-electron chi connectivity index (χ2n) is 7.22. The molecule has 1 fully saturated rings. The third kappa shape index (κ3) is 6.08. The first-order chi connectivity index (χ1) is 13.8. The summed E-state index contributed by atoms with van der Waals surface area (Å²) in [5.41, 5.74) is 1.65. The molecule has 0 spiro atoms. The van der Waals surface area contributed by atoms with E-state index in [1.54, 1.807) is 14.2 Å². The van der Waals surface area contributed by atoms with Gasteiger partial charge >= 0.3 is 5.97 Å². The molecule has 0 amide bonds. The molecule has 0 aromatic heterocycles. The molecule has 1 N–H and O–H groups in total. The molecule has 3 unspecified atom stereocenters. The van der Waals surface area contributed by atoms with Crippen LogP contribution >= 0.6 is 0 Å². The van der Waals surface area contributed by atoms with Crippen LogP contribution in [0, 0.1) is 5.92 Å². The first kappa shape index (κ1) is 23.0. The lowest BCUT2D eigenvalue weighted by Crippen LogP contribution is -2.51. The number of benzene rings is 1. The fraction of sp³-hybridized carbons (Fsp3) is 0.619. The summed E-state index contributed by atoms with van der Waals surface area (Å²) in [6.07, 6.45) is 2.45. The Kier molecular flexibility index (Phi) is 8.28. The molecule has 1 aliphatic rings. The van der Waals surface area contributed by atoms with E-state index in [2.05, 4.69) is 5.16 Å². The van der Waals surface area contributed by atoms with E-state index in [4.69, 9.17) is 28.9 Å². The van der Waals surface area contributed by atoms with Crippen LogP contribution in [0.5, 0.6) is 11.5 Å². The number of nitrogens with zero attached hydrogens (tertiary/aromatic N) is 1. The van der Waals surface area contributed by atoms with E-state index in [1.807, 2.05) is 32.0 Å². The zero-order chi connectivity index (χ0) is 21.4. The number of rotatable bonds is 10. The average molecular weight is 409 g/mol. The lowest BCUT2D eigenvalue weighted by Gasteiger charge is -2.39. The van der Waals surface area contributed by atoms with Crippen molar-refractivity contribution in [3.63, 3.8) is 0 Å². The highest BCUT2D eigenvalue weighted by Crippen LogP contribution is 2.30. The molecule has 1 aromatic rings. The molecule has 0 bridgehead atoms. The number of carboxylic acids is 1. The van der Waals surface area contributed by atoms with Crippen LogP contribution in [-0.4, -0.2) is 56.1 Å². The van der Waals surface area contributed by atoms with Crippen molar-refractivity contribution < 1.29 is 33.7 Å². The van der Waals surface area contributed by atoms with Gasteiger partial charge in [0.05, 0.1) is 32.6 Å². The lowest BCUT2D eigenvalue weighted by molar-refractivity contribution is -0.292. The Morgan fingerprint density at radius 3 is 2.62 bits per heavy atom. The predicted molar refractivity (Wildman–Crippen MR) is 108 cm³/mol. The minimum atomic E-state index is -1.55. The molecule has 2 rings (SSSR count). The SMILES string of the molecule is COc1ccc(C(C)=NOCCCCC2COC(C)(C(=O)O)OC2C)cc1OC. The summed E-state index contributed by atoms with van der Waals surface area (Å²) in [6, 6.07) is 5.59. The molecule has 0 aliphatic carbocycles. The van der Waals surface area contributed by atoms with Gasteiger partial charge in [-0.15, -0.1) is 0 Å². The molecule has 162 valence electrons. The second-order valence-corrected chi connectivity index (χ2v) is 7.22. The molecule has 1 aliphatic heterocycles. The number of unbranched alkanes of at least 4 members (excludes halogenated alkanes) is 1.